The van der Waals surface area contributed by atoms with Crippen LogP contribution >= 0.6 is 0 Å². The number of benzene rings is 3. The molecule has 0 radical (unpaired) electrons. The number of amides is 1. The number of aromatic nitrogens is 1. The number of ether oxygens (including phenoxy) is 3. The van der Waals surface area contributed by atoms with Crippen molar-refractivity contribution >= 4 is 28.4 Å². The molecule has 1 aromatic heterocycles. The molecular weight excluding hydrogens is 512 g/mol. The number of fused-ring (bicyclic) bond motifs is 1. The Balaban J connectivity index is 1.56. The van der Waals surface area contributed by atoms with Crippen molar-refractivity contribution in [1.82, 2.24) is 9.88 Å². The number of carbonyl (C=O) groups is 2. The first-order valence-corrected chi connectivity index (χ1v) is 12.9. The first kappa shape index (κ1) is 26.7. The van der Waals surface area contributed by atoms with Crippen LogP contribution in [0.2, 0.25) is 0 Å². The van der Waals surface area contributed by atoms with E-state index in [9.17, 15) is 19.8 Å². The van der Waals surface area contributed by atoms with Crippen LogP contribution in [0.4, 0.5) is 0 Å². The van der Waals surface area contributed by atoms with E-state index < -0.39 is 17.7 Å². The Hall–Kier alpha value is -4.92. The third-order valence-corrected chi connectivity index (χ3v) is 7.09. The van der Waals surface area contributed by atoms with E-state index in [0.29, 0.717) is 35.7 Å². The summed E-state index contributed by atoms with van der Waals surface area (Å²) < 4.78 is 16.1. The third kappa shape index (κ3) is 4.82. The van der Waals surface area contributed by atoms with Gasteiger partial charge in [0, 0.05) is 29.2 Å². The van der Waals surface area contributed by atoms with E-state index in [4.69, 9.17) is 14.2 Å². The second-order valence-corrected chi connectivity index (χ2v) is 9.36. The number of H-pyrrole nitrogens is 1. The molecule has 40 heavy (non-hydrogen) atoms. The fourth-order valence-electron chi connectivity index (χ4n) is 5.08. The molecule has 1 atom stereocenters. The molecule has 4 aromatic rings. The smallest absolute Gasteiger partial charge is 0.295 e. The van der Waals surface area contributed by atoms with E-state index in [2.05, 4.69) is 4.98 Å². The number of aromatic hydroxyl groups is 1. The molecule has 3 aromatic carbocycles. The Morgan fingerprint density at radius 1 is 0.975 bits per heavy atom. The number of hydrogen-bond acceptors (Lipinski definition) is 7. The number of nitrogens with zero attached hydrogens (tertiary/aromatic N) is 1. The van der Waals surface area contributed by atoms with E-state index in [1.54, 1.807) is 43.5 Å². The third-order valence-electron chi connectivity index (χ3n) is 7.09. The molecule has 9 nitrogen and oxygen atoms in total. The average Bonchev–Trinajstić information content (AvgIpc) is 3.49. The Morgan fingerprint density at radius 2 is 1.73 bits per heavy atom. The topological polar surface area (TPSA) is 121 Å². The minimum Gasteiger partial charge on any atom is -0.507 e. The van der Waals surface area contributed by atoms with E-state index in [0.717, 1.165) is 16.5 Å². The molecular formula is C31H30N2O7. The van der Waals surface area contributed by atoms with Gasteiger partial charge in [0.2, 0.25) is 0 Å². The molecule has 1 saturated heterocycles. The Morgan fingerprint density at radius 3 is 2.42 bits per heavy atom. The number of rotatable bonds is 9. The van der Waals surface area contributed by atoms with Gasteiger partial charge in [0.25, 0.3) is 11.7 Å². The SMILES string of the molecule is CCOc1ccc(C(O)=C2C(=O)C(=O)N(CCc3c[nH]c4ccc(OC)cc34)[C@@H]2c2ccc(O)c(OC)c2)cc1. The minimum absolute atomic E-state index is 0.0394. The lowest BCUT2D eigenvalue weighted by molar-refractivity contribution is -0.139. The number of methoxy groups -OCH3 is 2. The number of aliphatic hydroxyl groups is 1. The highest BCUT2D eigenvalue weighted by atomic mass is 16.5. The number of ketones is 1. The summed E-state index contributed by atoms with van der Waals surface area (Å²) in [5.41, 5.74) is 2.72. The molecule has 0 bridgehead atoms. The maximum Gasteiger partial charge on any atom is 0.295 e. The Kier molecular flexibility index (Phi) is 7.37. The van der Waals surface area contributed by atoms with Gasteiger partial charge in [-0.05, 0) is 79.1 Å². The summed E-state index contributed by atoms with van der Waals surface area (Å²) in [6, 6.07) is 16.1. The van der Waals surface area contributed by atoms with Crippen molar-refractivity contribution in [3.8, 4) is 23.0 Å². The lowest BCUT2D eigenvalue weighted by Gasteiger charge is -2.26. The molecule has 1 aliphatic rings. The van der Waals surface area contributed by atoms with Crippen molar-refractivity contribution in [2.45, 2.75) is 19.4 Å². The molecule has 0 unspecified atom stereocenters. The van der Waals surface area contributed by atoms with E-state index in [1.807, 2.05) is 31.3 Å². The van der Waals surface area contributed by atoms with Gasteiger partial charge in [0.1, 0.15) is 17.3 Å². The predicted molar refractivity (Wildman–Crippen MR) is 150 cm³/mol. The fraction of sp³-hybridized carbons (Fsp3) is 0.226. The van der Waals surface area contributed by atoms with Crippen LogP contribution in [0, 0.1) is 0 Å². The summed E-state index contributed by atoms with van der Waals surface area (Å²) in [6.07, 6.45) is 2.31. The van der Waals surface area contributed by atoms with Gasteiger partial charge in [-0.1, -0.05) is 6.07 Å². The van der Waals surface area contributed by atoms with Crippen LogP contribution in [0.25, 0.3) is 16.7 Å². The molecule has 0 saturated carbocycles. The number of likely N-dealkylation sites (tertiary alicyclic amines) is 1. The Labute approximate surface area is 231 Å². The van der Waals surface area contributed by atoms with Crippen LogP contribution in [0.15, 0.2) is 72.4 Å². The molecule has 1 aliphatic heterocycles. The summed E-state index contributed by atoms with van der Waals surface area (Å²) in [6.45, 7) is 2.55. The summed E-state index contributed by atoms with van der Waals surface area (Å²) in [4.78, 5) is 31.5. The standard InChI is InChI=1S/C31H30N2O7/c1-4-40-21-8-5-18(6-9-21)29(35)27-28(19-7-12-25(34)26(15-19)39-3)33(31(37)30(27)36)14-13-20-17-32-24-11-10-22(38-2)16-23(20)24/h5-12,15-17,28,32,34-35H,4,13-14H2,1-3H3/t28-/m1/s1. The summed E-state index contributed by atoms with van der Waals surface area (Å²) in [5.74, 6) is -0.367. The predicted octanol–water partition coefficient (Wildman–Crippen LogP) is 4.95. The molecule has 1 amide bonds. The molecule has 3 N–H and O–H groups in total. The minimum atomic E-state index is -0.902. The number of aromatic amines is 1. The molecule has 2 heterocycles. The highest BCUT2D eigenvalue weighted by molar-refractivity contribution is 6.46. The second kappa shape index (κ2) is 11.1. The number of aliphatic hydroxyl groups excluding tert-OH is 1. The van der Waals surface area contributed by atoms with Crippen LogP contribution in [-0.4, -0.2) is 59.2 Å². The van der Waals surface area contributed by atoms with E-state index in [-0.39, 0.29) is 29.4 Å². The van der Waals surface area contributed by atoms with Crippen molar-refractivity contribution in [3.63, 3.8) is 0 Å². The zero-order chi connectivity index (χ0) is 28.4. The van der Waals surface area contributed by atoms with Crippen LogP contribution in [0.1, 0.15) is 29.7 Å². The quantitative estimate of drug-likeness (QED) is 0.155. The first-order chi connectivity index (χ1) is 19.4. The van der Waals surface area contributed by atoms with Gasteiger partial charge >= 0.3 is 0 Å². The van der Waals surface area contributed by atoms with Crippen molar-refractivity contribution in [3.05, 3.63) is 89.1 Å². The van der Waals surface area contributed by atoms with Gasteiger partial charge in [0.15, 0.2) is 11.5 Å². The number of carbonyl (C=O) groups excluding carboxylic acids is 2. The van der Waals surface area contributed by atoms with Crippen LogP contribution in [-0.2, 0) is 16.0 Å². The molecule has 206 valence electrons. The lowest BCUT2D eigenvalue weighted by atomic mass is 9.94. The van der Waals surface area contributed by atoms with Gasteiger partial charge in [-0.2, -0.15) is 0 Å². The number of hydrogen-bond donors (Lipinski definition) is 3. The normalized spacial score (nSPS) is 16.5. The van der Waals surface area contributed by atoms with Crippen molar-refractivity contribution in [2.24, 2.45) is 0 Å². The molecule has 0 aliphatic carbocycles. The summed E-state index contributed by atoms with van der Waals surface area (Å²) in [5, 5.41) is 22.5. The van der Waals surface area contributed by atoms with Crippen molar-refractivity contribution in [1.29, 1.82) is 0 Å². The maximum absolute atomic E-state index is 13.4. The molecule has 9 heteroatoms. The van der Waals surface area contributed by atoms with Crippen LogP contribution < -0.4 is 14.2 Å². The monoisotopic (exact) mass is 542 g/mol. The van der Waals surface area contributed by atoms with Gasteiger partial charge in [0.05, 0.1) is 32.4 Å². The average molecular weight is 543 g/mol. The van der Waals surface area contributed by atoms with Crippen molar-refractivity contribution in [2.75, 3.05) is 27.4 Å². The molecule has 0 spiro atoms. The first-order valence-electron chi connectivity index (χ1n) is 12.9. The highest BCUT2D eigenvalue weighted by Crippen LogP contribution is 2.42. The largest absolute Gasteiger partial charge is 0.507 e. The highest BCUT2D eigenvalue weighted by Gasteiger charge is 2.46. The summed E-state index contributed by atoms with van der Waals surface area (Å²) >= 11 is 0. The zero-order valence-corrected chi connectivity index (χ0v) is 22.4. The van der Waals surface area contributed by atoms with Gasteiger partial charge in [-0.3, -0.25) is 9.59 Å². The van der Waals surface area contributed by atoms with Crippen molar-refractivity contribution < 1.29 is 34.0 Å². The van der Waals surface area contributed by atoms with E-state index >= 15 is 0 Å². The maximum atomic E-state index is 13.4. The second-order valence-electron chi connectivity index (χ2n) is 9.36. The number of Topliss-reactive ketones (excluding diaryl/α,β-unsaturated/α-hetero) is 1. The van der Waals surface area contributed by atoms with Crippen LogP contribution in [0.5, 0.6) is 23.0 Å². The van der Waals surface area contributed by atoms with Gasteiger partial charge in [-0.15, -0.1) is 0 Å². The Bertz CT molecular complexity index is 1600. The number of phenols is 1. The zero-order valence-electron chi connectivity index (χ0n) is 22.4. The van der Waals surface area contributed by atoms with E-state index in [1.165, 1.54) is 18.1 Å². The molecule has 5 rings (SSSR count). The van der Waals surface area contributed by atoms with Gasteiger partial charge < -0.3 is 34.3 Å². The lowest BCUT2D eigenvalue weighted by Crippen LogP contribution is -2.31. The van der Waals surface area contributed by atoms with Gasteiger partial charge in [-0.25, -0.2) is 0 Å². The number of phenolic OH excluding ortho intramolecular Hbond substituents is 1. The summed E-state index contributed by atoms with van der Waals surface area (Å²) in [7, 11) is 3.02. The molecule has 1 fully saturated rings. The fourth-order valence-corrected chi connectivity index (χ4v) is 5.08. The number of nitrogens with one attached hydrogen (secondary N) is 1. The van der Waals surface area contributed by atoms with Crippen LogP contribution in [0.3, 0.4) is 0 Å².